The molecule has 0 bridgehead atoms. The van der Waals surface area contributed by atoms with Crippen LogP contribution in [0.25, 0.3) is 0 Å². The van der Waals surface area contributed by atoms with Crippen molar-refractivity contribution in [2.45, 2.75) is 32.2 Å². The first-order chi connectivity index (χ1) is 6.36. The lowest BCUT2D eigenvalue weighted by atomic mass is 9.99. The molecule has 0 aromatic rings. The van der Waals surface area contributed by atoms with E-state index in [4.69, 9.17) is 6.42 Å². The Kier molecular flexibility index (Phi) is 4.88. The van der Waals surface area contributed by atoms with E-state index in [1.54, 1.807) is 0 Å². The fourth-order valence-electron chi connectivity index (χ4n) is 1.73. The molecule has 1 heterocycles. The summed E-state index contributed by atoms with van der Waals surface area (Å²) in [7, 11) is 0. The van der Waals surface area contributed by atoms with Gasteiger partial charge >= 0.3 is 0 Å². The molecule has 0 aliphatic carbocycles. The third-order valence-corrected chi connectivity index (χ3v) is 2.66. The molecule has 0 amide bonds. The maximum atomic E-state index is 5.37. The standard InChI is InChI=1S/C11H20N2/c1-3-11(4-2)13-9-10-6-5-7-12-8-10/h1,10-13H,4-9H2,2H3. The van der Waals surface area contributed by atoms with Crippen LogP contribution in [0.1, 0.15) is 26.2 Å². The molecule has 2 unspecified atom stereocenters. The van der Waals surface area contributed by atoms with E-state index in [9.17, 15) is 0 Å². The first-order valence-electron chi connectivity index (χ1n) is 5.27. The van der Waals surface area contributed by atoms with Crippen LogP contribution in [-0.4, -0.2) is 25.7 Å². The largest absolute Gasteiger partial charge is 0.316 e. The van der Waals surface area contributed by atoms with Crippen LogP contribution in [0.3, 0.4) is 0 Å². The second-order valence-electron chi connectivity index (χ2n) is 3.75. The molecule has 1 aliphatic rings. The van der Waals surface area contributed by atoms with Gasteiger partial charge in [0.05, 0.1) is 6.04 Å². The molecule has 2 atom stereocenters. The zero-order chi connectivity index (χ0) is 9.52. The molecular weight excluding hydrogens is 160 g/mol. The molecule has 13 heavy (non-hydrogen) atoms. The predicted octanol–water partition coefficient (Wildman–Crippen LogP) is 0.987. The zero-order valence-electron chi connectivity index (χ0n) is 8.47. The lowest BCUT2D eigenvalue weighted by molar-refractivity contribution is 0.352. The quantitative estimate of drug-likeness (QED) is 0.630. The van der Waals surface area contributed by atoms with Gasteiger partial charge in [-0.2, -0.15) is 0 Å². The lowest BCUT2D eigenvalue weighted by Gasteiger charge is -2.24. The van der Waals surface area contributed by atoms with Gasteiger partial charge < -0.3 is 10.6 Å². The van der Waals surface area contributed by atoms with Gasteiger partial charge in [0.1, 0.15) is 0 Å². The molecule has 74 valence electrons. The summed E-state index contributed by atoms with van der Waals surface area (Å²) in [4.78, 5) is 0. The van der Waals surface area contributed by atoms with Crippen LogP contribution in [-0.2, 0) is 0 Å². The topological polar surface area (TPSA) is 24.1 Å². The summed E-state index contributed by atoms with van der Waals surface area (Å²) in [5.74, 6) is 3.53. The van der Waals surface area contributed by atoms with Gasteiger partial charge in [0, 0.05) is 6.54 Å². The summed E-state index contributed by atoms with van der Waals surface area (Å²) in [6.45, 7) is 5.52. The third kappa shape index (κ3) is 3.80. The Hall–Kier alpha value is -0.520. The van der Waals surface area contributed by atoms with Crippen molar-refractivity contribution in [1.82, 2.24) is 10.6 Å². The number of terminal acetylenes is 1. The Balaban J connectivity index is 2.13. The number of hydrogen-bond donors (Lipinski definition) is 2. The number of hydrogen-bond acceptors (Lipinski definition) is 2. The Labute approximate surface area is 81.5 Å². The highest BCUT2D eigenvalue weighted by Gasteiger charge is 2.13. The second-order valence-corrected chi connectivity index (χ2v) is 3.75. The van der Waals surface area contributed by atoms with Gasteiger partial charge in [-0.3, -0.25) is 0 Å². The van der Waals surface area contributed by atoms with Crippen LogP contribution < -0.4 is 10.6 Å². The van der Waals surface area contributed by atoms with Gasteiger partial charge in [-0.25, -0.2) is 0 Å². The van der Waals surface area contributed by atoms with E-state index in [1.807, 2.05) is 0 Å². The van der Waals surface area contributed by atoms with Crippen LogP contribution in [0.5, 0.6) is 0 Å². The van der Waals surface area contributed by atoms with Crippen molar-refractivity contribution < 1.29 is 0 Å². The smallest absolute Gasteiger partial charge is 0.0684 e. The van der Waals surface area contributed by atoms with E-state index in [-0.39, 0.29) is 6.04 Å². The van der Waals surface area contributed by atoms with Gasteiger partial charge in [0.2, 0.25) is 0 Å². The fourth-order valence-corrected chi connectivity index (χ4v) is 1.73. The van der Waals surface area contributed by atoms with Crippen LogP contribution >= 0.6 is 0 Å². The maximum Gasteiger partial charge on any atom is 0.0684 e. The molecule has 2 N–H and O–H groups in total. The SMILES string of the molecule is C#CC(CC)NCC1CCCNC1. The van der Waals surface area contributed by atoms with E-state index in [1.165, 1.54) is 19.4 Å². The molecule has 1 rings (SSSR count). The summed E-state index contributed by atoms with van der Waals surface area (Å²) in [6.07, 6.45) is 9.03. The third-order valence-electron chi connectivity index (χ3n) is 2.66. The summed E-state index contributed by atoms with van der Waals surface area (Å²) in [5.41, 5.74) is 0. The molecule has 2 heteroatoms. The van der Waals surface area contributed by atoms with Crippen molar-refractivity contribution in [2.75, 3.05) is 19.6 Å². The fraction of sp³-hybridized carbons (Fsp3) is 0.818. The molecule has 2 nitrogen and oxygen atoms in total. The van der Waals surface area contributed by atoms with E-state index < -0.39 is 0 Å². The average molecular weight is 180 g/mol. The summed E-state index contributed by atoms with van der Waals surface area (Å²) in [5, 5.41) is 6.82. The summed E-state index contributed by atoms with van der Waals surface area (Å²) in [6, 6.07) is 0.266. The zero-order valence-corrected chi connectivity index (χ0v) is 8.47. The van der Waals surface area contributed by atoms with Crippen LogP contribution in [0, 0.1) is 18.3 Å². The van der Waals surface area contributed by atoms with Crippen molar-refractivity contribution in [3.05, 3.63) is 0 Å². The number of piperidine rings is 1. The number of rotatable bonds is 4. The molecule has 0 aromatic carbocycles. The van der Waals surface area contributed by atoms with Gasteiger partial charge in [-0.1, -0.05) is 12.8 Å². The molecule has 1 fully saturated rings. The van der Waals surface area contributed by atoms with Crippen molar-refractivity contribution in [3.8, 4) is 12.3 Å². The van der Waals surface area contributed by atoms with E-state index in [0.717, 1.165) is 25.4 Å². The van der Waals surface area contributed by atoms with Crippen molar-refractivity contribution in [2.24, 2.45) is 5.92 Å². The minimum Gasteiger partial charge on any atom is -0.316 e. The molecule has 0 aromatic heterocycles. The summed E-state index contributed by atoms with van der Waals surface area (Å²) < 4.78 is 0. The van der Waals surface area contributed by atoms with Crippen LogP contribution in [0.15, 0.2) is 0 Å². The molecule has 0 radical (unpaired) electrons. The van der Waals surface area contributed by atoms with Gasteiger partial charge in [-0.05, 0) is 38.3 Å². The van der Waals surface area contributed by atoms with Crippen LogP contribution in [0.2, 0.25) is 0 Å². The predicted molar refractivity (Wildman–Crippen MR) is 56.5 cm³/mol. The highest BCUT2D eigenvalue weighted by Crippen LogP contribution is 2.08. The van der Waals surface area contributed by atoms with Gasteiger partial charge in [0.25, 0.3) is 0 Å². The molecular formula is C11H20N2. The molecule has 1 aliphatic heterocycles. The Morgan fingerprint density at radius 2 is 2.54 bits per heavy atom. The highest BCUT2D eigenvalue weighted by molar-refractivity contribution is 4.98. The first-order valence-corrected chi connectivity index (χ1v) is 5.27. The summed E-state index contributed by atoms with van der Waals surface area (Å²) >= 11 is 0. The van der Waals surface area contributed by atoms with E-state index in [0.29, 0.717) is 0 Å². The van der Waals surface area contributed by atoms with Gasteiger partial charge in [-0.15, -0.1) is 6.42 Å². The lowest BCUT2D eigenvalue weighted by Crippen LogP contribution is -2.39. The normalized spacial score (nSPS) is 25.1. The minimum atomic E-state index is 0.266. The Morgan fingerprint density at radius 1 is 1.69 bits per heavy atom. The minimum absolute atomic E-state index is 0.266. The molecule has 1 saturated heterocycles. The van der Waals surface area contributed by atoms with E-state index >= 15 is 0 Å². The second kappa shape index (κ2) is 6.01. The van der Waals surface area contributed by atoms with Crippen LogP contribution in [0.4, 0.5) is 0 Å². The Morgan fingerprint density at radius 3 is 3.08 bits per heavy atom. The molecule has 0 saturated carbocycles. The highest BCUT2D eigenvalue weighted by atomic mass is 14.9. The van der Waals surface area contributed by atoms with Gasteiger partial charge in [0.15, 0.2) is 0 Å². The average Bonchev–Trinajstić information content (AvgIpc) is 2.21. The molecule has 0 spiro atoms. The number of nitrogens with one attached hydrogen (secondary N) is 2. The Bertz CT molecular complexity index is 165. The van der Waals surface area contributed by atoms with Crippen molar-refractivity contribution in [1.29, 1.82) is 0 Å². The van der Waals surface area contributed by atoms with E-state index in [2.05, 4.69) is 23.5 Å². The maximum absolute atomic E-state index is 5.37. The van der Waals surface area contributed by atoms with Crippen molar-refractivity contribution >= 4 is 0 Å². The van der Waals surface area contributed by atoms with Crippen molar-refractivity contribution in [3.63, 3.8) is 0 Å². The monoisotopic (exact) mass is 180 g/mol. The first kappa shape index (κ1) is 10.6.